The lowest BCUT2D eigenvalue weighted by Crippen LogP contribution is -2.51. The molecule has 6 rings (SSSR count). The first-order valence-electron chi connectivity index (χ1n) is 18.5. The Morgan fingerprint density at radius 1 is 0.385 bits per heavy atom. The van der Waals surface area contributed by atoms with Crippen LogP contribution in [0, 0.1) is 13.8 Å². The van der Waals surface area contributed by atoms with Gasteiger partial charge in [-0.25, -0.2) is 0 Å². The summed E-state index contributed by atoms with van der Waals surface area (Å²) in [6.07, 6.45) is 3.47. The van der Waals surface area contributed by atoms with E-state index in [1.165, 1.54) is 22.3 Å². The van der Waals surface area contributed by atoms with Crippen molar-refractivity contribution in [3.8, 4) is 0 Å². The predicted molar refractivity (Wildman–Crippen MR) is 206 cm³/mol. The number of nitrogens with zero attached hydrogens (tertiary/aromatic N) is 4. The number of piperazine rings is 2. The minimum Gasteiger partial charge on any atom is -0.339 e. The van der Waals surface area contributed by atoms with Crippen LogP contribution in [0.1, 0.15) is 46.2 Å². The highest BCUT2D eigenvalue weighted by atomic mass is 16.2. The summed E-state index contributed by atoms with van der Waals surface area (Å²) < 4.78 is 0. The minimum absolute atomic E-state index is 0.138. The van der Waals surface area contributed by atoms with Gasteiger partial charge in [-0.3, -0.25) is 19.2 Å². The lowest BCUT2D eigenvalue weighted by Gasteiger charge is -2.35. The van der Waals surface area contributed by atoms with Crippen molar-refractivity contribution in [2.45, 2.75) is 52.4 Å². The predicted octanol–water partition coefficient (Wildman–Crippen LogP) is 5.68. The Kier molecular flexibility index (Phi) is 14.2. The van der Waals surface area contributed by atoms with Crippen LogP contribution in [0.2, 0.25) is 0 Å². The molecular weight excluding hydrogens is 649 g/mol. The number of benzene rings is 4. The molecule has 8 heteroatoms. The molecule has 0 spiro atoms. The van der Waals surface area contributed by atoms with Crippen LogP contribution >= 0.6 is 0 Å². The first kappa shape index (κ1) is 38.0. The van der Waals surface area contributed by atoms with E-state index in [2.05, 4.69) is 24.3 Å². The Balaban J connectivity index is 0.000000201. The van der Waals surface area contributed by atoms with Crippen LogP contribution in [0.25, 0.3) is 0 Å². The van der Waals surface area contributed by atoms with Gasteiger partial charge in [0.05, 0.1) is 12.8 Å². The molecule has 0 N–H and O–H groups in total. The number of hydrogen-bond donors (Lipinski definition) is 0. The molecule has 8 nitrogen and oxygen atoms in total. The molecule has 0 bridgehead atoms. The topological polar surface area (TPSA) is 81.2 Å². The van der Waals surface area contributed by atoms with E-state index < -0.39 is 0 Å². The van der Waals surface area contributed by atoms with E-state index in [9.17, 15) is 19.2 Å². The van der Waals surface area contributed by atoms with E-state index in [1.54, 1.807) is 0 Å². The van der Waals surface area contributed by atoms with Crippen molar-refractivity contribution >= 4 is 23.6 Å². The highest BCUT2D eigenvalue weighted by molar-refractivity contribution is 5.81. The van der Waals surface area contributed by atoms with E-state index in [0.717, 1.165) is 24.0 Å². The van der Waals surface area contributed by atoms with Gasteiger partial charge in [0.25, 0.3) is 0 Å². The van der Waals surface area contributed by atoms with Crippen molar-refractivity contribution in [1.82, 2.24) is 19.6 Å². The molecule has 2 fully saturated rings. The molecular formula is C44H52N4O4. The van der Waals surface area contributed by atoms with Gasteiger partial charge in [0, 0.05) is 65.2 Å². The number of carbonyl (C=O) groups is 4. The van der Waals surface area contributed by atoms with Crippen LogP contribution in [0.4, 0.5) is 0 Å². The van der Waals surface area contributed by atoms with Gasteiger partial charge in [0.1, 0.15) is 0 Å². The summed E-state index contributed by atoms with van der Waals surface area (Å²) in [6, 6.07) is 36.3. The van der Waals surface area contributed by atoms with Crippen LogP contribution in [0.3, 0.4) is 0 Å². The Labute approximate surface area is 309 Å². The zero-order chi connectivity index (χ0) is 36.7. The molecule has 0 aliphatic carbocycles. The number of amides is 4. The third kappa shape index (κ3) is 11.9. The second kappa shape index (κ2) is 19.4. The van der Waals surface area contributed by atoms with Crippen molar-refractivity contribution in [2.24, 2.45) is 0 Å². The van der Waals surface area contributed by atoms with Crippen LogP contribution in [0.15, 0.2) is 109 Å². The quantitative estimate of drug-likeness (QED) is 0.213. The van der Waals surface area contributed by atoms with Crippen molar-refractivity contribution < 1.29 is 19.2 Å². The van der Waals surface area contributed by atoms with Gasteiger partial charge in [-0.1, -0.05) is 120 Å². The molecule has 4 aromatic carbocycles. The summed E-state index contributed by atoms with van der Waals surface area (Å²) in [5, 5.41) is 0. The molecule has 2 aliphatic heterocycles. The van der Waals surface area contributed by atoms with Gasteiger partial charge < -0.3 is 19.6 Å². The first-order chi connectivity index (χ1) is 25.2. The van der Waals surface area contributed by atoms with Crippen molar-refractivity contribution in [1.29, 1.82) is 0 Å². The zero-order valence-electron chi connectivity index (χ0n) is 30.7. The maximum atomic E-state index is 12.5. The third-order valence-corrected chi connectivity index (χ3v) is 9.86. The largest absolute Gasteiger partial charge is 0.339 e. The summed E-state index contributed by atoms with van der Waals surface area (Å²) in [7, 11) is 0. The fourth-order valence-electron chi connectivity index (χ4n) is 6.50. The lowest BCUT2D eigenvalue weighted by molar-refractivity contribution is -0.139. The van der Waals surface area contributed by atoms with E-state index in [1.807, 2.05) is 118 Å². The second-order valence-corrected chi connectivity index (χ2v) is 13.8. The number of hydrogen-bond acceptors (Lipinski definition) is 4. The van der Waals surface area contributed by atoms with Crippen LogP contribution in [-0.2, 0) is 44.9 Å². The van der Waals surface area contributed by atoms with E-state index in [-0.39, 0.29) is 23.6 Å². The Morgan fingerprint density at radius 2 is 0.673 bits per heavy atom. The van der Waals surface area contributed by atoms with Gasteiger partial charge in [-0.15, -0.1) is 0 Å². The highest BCUT2D eigenvalue weighted by Crippen LogP contribution is 2.13. The standard InChI is InChI=1S/2C22H26N2O2/c1-17-3-7-19(8-4-17)15-21(25)23-11-13-24(14-12-23)22(26)16-20-9-5-18(2)6-10-20;25-21(13-11-19-7-3-1-4-8-19)23-15-17-24(18-16-23)22(26)14-12-20-9-5-2-6-10-20/h3-10H,11-16H2,1-2H3;1-10H,11-18H2. The van der Waals surface area contributed by atoms with Crippen LogP contribution in [-0.4, -0.2) is 95.6 Å². The fraction of sp³-hybridized carbons (Fsp3) is 0.364. The Hall–Kier alpha value is -5.24. The molecule has 0 unspecified atom stereocenters. The summed E-state index contributed by atoms with van der Waals surface area (Å²) >= 11 is 0. The molecule has 0 aromatic heterocycles. The zero-order valence-corrected chi connectivity index (χ0v) is 30.7. The Bertz CT molecular complexity index is 1600. The van der Waals surface area contributed by atoms with Crippen LogP contribution in [0.5, 0.6) is 0 Å². The first-order valence-corrected chi connectivity index (χ1v) is 18.5. The molecule has 0 saturated carbocycles. The molecule has 2 saturated heterocycles. The monoisotopic (exact) mass is 700 g/mol. The summed E-state index contributed by atoms with van der Waals surface area (Å²) in [5.41, 5.74) is 6.85. The summed E-state index contributed by atoms with van der Waals surface area (Å²) in [4.78, 5) is 57.2. The normalized spacial score (nSPS) is 14.3. The average molecular weight is 701 g/mol. The smallest absolute Gasteiger partial charge is 0.227 e. The van der Waals surface area contributed by atoms with E-state index >= 15 is 0 Å². The van der Waals surface area contributed by atoms with Gasteiger partial charge in [0.15, 0.2) is 0 Å². The van der Waals surface area contributed by atoms with E-state index in [4.69, 9.17) is 0 Å². The summed E-state index contributed by atoms with van der Waals surface area (Å²) in [5.74, 6) is 0.648. The van der Waals surface area contributed by atoms with Crippen molar-refractivity contribution in [3.05, 3.63) is 143 Å². The lowest BCUT2D eigenvalue weighted by atomic mass is 10.1. The maximum Gasteiger partial charge on any atom is 0.227 e. The molecule has 2 heterocycles. The molecule has 4 amide bonds. The second-order valence-electron chi connectivity index (χ2n) is 13.8. The van der Waals surface area contributed by atoms with E-state index in [0.29, 0.717) is 78.0 Å². The molecule has 52 heavy (non-hydrogen) atoms. The van der Waals surface area contributed by atoms with Crippen molar-refractivity contribution in [2.75, 3.05) is 52.4 Å². The number of aryl methyl sites for hydroxylation is 4. The van der Waals surface area contributed by atoms with Gasteiger partial charge >= 0.3 is 0 Å². The molecule has 2 aliphatic rings. The molecule has 272 valence electrons. The third-order valence-electron chi connectivity index (χ3n) is 9.86. The average Bonchev–Trinajstić information content (AvgIpc) is 3.19. The Morgan fingerprint density at radius 3 is 0.981 bits per heavy atom. The van der Waals surface area contributed by atoms with Crippen molar-refractivity contribution in [3.63, 3.8) is 0 Å². The number of carbonyl (C=O) groups excluding carboxylic acids is 4. The highest BCUT2D eigenvalue weighted by Gasteiger charge is 2.25. The minimum atomic E-state index is 0.138. The fourth-order valence-corrected chi connectivity index (χ4v) is 6.50. The van der Waals surface area contributed by atoms with Gasteiger partial charge in [-0.05, 0) is 48.9 Å². The van der Waals surface area contributed by atoms with Crippen LogP contribution < -0.4 is 0 Å². The van der Waals surface area contributed by atoms with Gasteiger partial charge in [-0.2, -0.15) is 0 Å². The number of rotatable bonds is 10. The molecule has 4 aromatic rings. The maximum absolute atomic E-state index is 12.5. The SMILES string of the molecule is Cc1ccc(CC(=O)N2CCN(C(=O)Cc3ccc(C)cc3)CC2)cc1.O=C(CCc1ccccc1)N1CCN(C(=O)CCc2ccccc2)CC1. The molecule has 0 radical (unpaired) electrons. The van der Waals surface area contributed by atoms with Gasteiger partial charge in [0.2, 0.25) is 23.6 Å². The molecule has 0 atom stereocenters. The summed E-state index contributed by atoms with van der Waals surface area (Å²) in [6.45, 7) is 9.12.